The smallest absolute Gasteiger partial charge is 0.250 e. The fourth-order valence-corrected chi connectivity index (χ4v) is 2.47. The average Bonchev–Trinajstić information content (AvgIpc) is 2.24. The van der Waals surface area contributed by atoms with Crippen molar-refractivity contribution in [3.05, 3.63) is 0 Å². The van der Waals surface area contributed by atoms with Gasteiger partial charge in [0.25, 0.3) is 5.91 Å². The first-order chi connectivity index (χ1) is 7.58. The Morgan fingerprint density at radius 3 is 2.69 bits per heavy atom. The second kappa shape index (κ2) is 6.21. The van der Waals surface area contributed by atoms with Gasteiger partial charge < -0.3 is 15.8 Å². The number of carbonyl (C=O) groups is 1. The van der Waals surface area contributed by atoms with Crippen LogP contribution in [0.3, 0.4) is 0 Å². The van der Waals surface area contributed by atoms with E-state index in [9.17, 15) is 4.79 Å². The summed E-state index contributed by atoms with van der Waals surface area (Å²) in [7, 11) is 1.52. The van der Waals surface area contributed by atoms with Crippen LogP contribution in [-0.2, 0) is 9.53 Å². The van der Waals surface area contributed by atoms with Crippen molar-refractivity contribution < 1.29 is 9.53 Å². The predicted molar refractivity (Wildman–Crippen MR) is 64.0 cm³/mol. The Labute approximate surface area is 97.9 Å². The molecule has 4 atom stereocenters. The predicted octanol–water partition coefficient (Wildman–Crippen LogP) is 0.901. The van der Waals surface area contributed by atoms with E-state index in [1.807, 2.05) is 0 Å². The van der Waals surface area contributed by atoms with Crippen LogP contribution in [0.2, 0.25) is 0 Å². The highest BCUT2D eigenvalue weighted by atomic mass is 16.5. The molecule has 0 bridgehead atoms. The van der Waals surface area contributed by atoms with Crippen LogP contribution in [0.15, 0.2) is 0 Å². The van der Waals surface area contributed by atoms with Crippen LogP contribution in [0.1, 0.15) is 33.1 Å². The summed E-state index contributed by atoms with van der Waals surface area (Å²) in [6.45, 7) is 4.71. The molecule has 0 aromatic carbocycles. The van der Waals surface area contributed by atoms with Crippen LogP contribution in [-0.4, -0.2) is 31.7 Å². The summed E-state index contributed by atoms with van der Waals surface area (Å²) in [6.07, 6.45) is 2.93. The number of ether oxygens (including phenoxy) is 1. The van der Waals surface area contributed by atoms with Gasteiger partial charge in [0.05, 0.1) is 0 Å². The molecule has 4 heteroatoms. The van der Waals surface area contributed by atoms with Gasteiger partial charge in [-0.25, -0.2) is 0 Å². The van der Waals surface area contributed by atoms with Crippen molar-refractivity contribution in [2.24, 2.45) is 17.6 Å². The highest BCUT2D eigenvalue weighted by molar-refractivity contribution is 5.81. The molecule has 0 radical (unpaired) electrons. The van der Waals surface area contributed by atoms with Crippen LogP contribution < -0.4 is 11.1 Å². The Morgan fingerprint density at radius 2 is 2.19 bits per heavy atom. The van der Waals surface area contributed by atoms with Gasteiger partial charge in [0.1, 0.15) is 6.10 Å². The second-order valence-corrected chi connectivity index (χ2v) is 4.97. The minimum atomic E-state index is -0.508. The lowest BCUT2D eigenvalue weighted by molar-refractivity contribution is -0.131. The third-order valence-electron chi connectivity index (χ3n) is 3.55. The van der Waals surface area contributed by atoms with Crippen molar-refractivity contribution in [1.29, 1.82) is 0 Å². The lowest BCUT2D eigenvalue weighted by Gasteiger charge is -2.33. The van der Waals surface area contributed by atoms with Crippen LogP contribution in [0, 0.1) is 11.8 Å². The van der Waals surface area contributed by atoms with E-state index in [0.29, 0.717) is 5.92 Å². The molecule has 0 saturated heterocycles. The van der Waals surface area contributed by atoms with Crippen molar-refractivity contribution >= 4 is 5.91 Å². The Balaban J connectivity index is 2.44. The molecule has 94 valence electrons. The summed E-state index contributed by atoms with van der Waals surface area (Å²) in [6, 6.07) is 0.285. The molecule has 0 spiro atoms. The van der Waals surface area contributed by atoms with Crippen molar-refractivity contribution in [3.63, 3.8) is 0 Å². The number of amides is 1. The third-order valence-corrected chi connectivity index (χ3v) is 3.55. The normalized spacial score (nSPS) is 32.1. The molecule has 0 aliphatic heterocycles. The van der Waals surface area contributed by atoms with E-state index >= 15 is 0 Å². The molecule has 0 aromatic heterocycles. The number of hydrogen-bond acceptors (Lipinski definition) is 3. The first kappa shape index (κ1) is 13.5. The maximum absolute atomic E-state index is 11.8. The van der Waals surface area contributed by atoms with Gasteiger partial charge in [-0.15, -0.1) is 0 Å². The zero-order valence-electron chi connectivity index (χ0n) is 10.5. The topological polar surface area (TPSA) is 64.3 Å². The summed E-state index contributed by atoms with van der Waals surface area (Å²) in [5.74, 6) is 1.25. The van der Waals surface area contributed by atoms with Gasteiger partial charge in [-0.1, -0.05) is 13.8 Å². The van der Waals surface area contributed by atoms with E-state index in [1.165, 1.54) is 20.0 Å². The van der Waals surface area contributed by atoms with Gasteiger partial charge in [-0.3, -0.25) is 4.79 Å². The highest BCUT2D eigenvalue weighted by Gasteiger charge is 2.28. The molecule has 1 fully saturated rings. The lowest BCUT2D eigenvalue weighted by atomic mass is 9.80. The summed E-state index contributed by atoms with van der Waals surface area (Å²) in [5.41, 5.74) is 5.46. The van der Waals surface area contributed by atoms with E-state index < -0.39 is 6.10 Å². The Kier molecular flexibility index (Phi) is 5.22. The van der Waals surface area contributed by atoms with E-state index in [2.05, 4.69) is 19.2 Å². The molecular weight excluding hydrogens is 204 g/mol. The molecule has 0 heterocycles. The fourth-order valence-electron chi connectivity index (χ4n) is 2.47. The van der Waals surface area contributed by atoms with Crippen molar-refractivity contribution in [1.82, 2.24) is 5.32 Å². The van der Waals surface area contributed by atoms with Gasteiger partial charge in [-0.2, -0.15) is 0 Å². The molecule has 1 rings (SSSR count). The number of nitrogens with two attached hydrogens (primary N) is 1. The summed E-state index contributed by atoms with van der Waals surface area (Å²) >= 11 is 0. The zero-order valence-corrected chi connectivity index (χ0v) is 10.5. The summed E-state index contributed by atoms with van der Waals surface area (Å²) < 4.78 is 5.02. The fraction of sp³-hybridized carbons (Fsp3) is 0.917. The lowest BCUT2D eigenvalue weighted by Crippen LogP contribution is -2.48. The number of hydrogen-bond donors (Lipinski definition) is 2. The van der Waals surface area contributed by atoms with Crippen molar-refractivity contribution in [2.45, 2.75) is 45.3 Å². The molecule has 3 N–H and O–H groups in total. The van der Waals surface area contributed by atoms with Crippen LogP contribution in [0.4, 0.5) is 0 Å². The second-order valence-electron chi connectivity index (χ2n) is 4.97. The van der Waals surface area contributed by atoms with E-state index in [0.717, 1.165) is 12.3 Å². The molecular formula is C12H24N2O2. The minimum absolute atomic E-state index is 0.0728. The van der Waals surface area contributed by atoms with Crippen molar-refractivity contribution in [3.8, 4) is 0 Å². The molecule has 1 aliphatic carbocycles. The molecule has 1 amide bonds. The van der Waals surface area contributed by atoms with Gasteiger partial charge in [0.15, 0.2) is 0 Å². The van der Waals surface area contributed by atoms with Crippen LogP contribution in [0.25, 0.3) is 0 Å². The number of carbonyl (C=O) groups excluding carboxylic acids is 1. The average molecular weight is 228 g/mol. The largest absolute Gasteiger partial charge is 0.370 e. The maximum atomic E-state index is 11.8. The standard InChI is InChI=1S/C12H24N2O2/c1-8-4-5-10(9(2)6-8)14-12(15)11(7-13)16-3/h8-11H,4-7,13H2,1-3H3,(H,14,15). The molecule has 1 saturated carbocycles. The maximum Gasteiger partial charge on any atom is 0.250 e. The van der Waals surface area contributed by atoms with E-state index in [4.69, 9.17) is 10.5 Å². The van der Waals surface area contributed by atoms with Gasteiger partial charge in [-0.05, 0) is 31.1 Å². The molecule has 4 unspecified atom stereocenters. The molecule has 16 heavy (non-hydrogen) atoms. The molecule has 0 aromatic rings. The Bertz CT molecular complexity index is 229. The quantitative estimate of drug-likeness (QED) is 0.751. The summed E-state index contributed by atoms with van der Waals surface area (Å²) in [4.78, 5) is 11.8. The van der Waals surface area contributed by atoms with Gasteiger partial charge in [0.2, 0.25) is 0 Å². The molecule has 1 aliphatic rings. The Hall–Kier alpha value is -0.610. The van der Waals surface area contributed by atoms with Crippen molar-refractivity contribution in [2.75, 3.05) is 13.7 Å². The number of rotatable bonds is 4. The van der Waals surface area contributed by atoms with Crippen LogP contribution in [0.5, 0.6) is 0 Å². The number of methoxy groups -OCH3 is 1. The van der Waals surface area contributed by atoms with E-state index in [1.54, 1.807) is 0 Å². The SMILES string of the molecule is COC(CN)C(=O)NC1CCC(C)CC1C. The van der Waals surface area contributed by atoms with Gasteiger partial charge >= 0.3 is 0 Å². The Morgan fingerprint density at radius 1 is 1.50 bits per heavy atom. The summed E-state index contributed by atoms with van der Waals surface area (Å²) in [5, 5.41) is 3.05. The minimum Gasteiger partial charge on any atom is -0.370 e. The molecule has 4 nitrogen and oxygen atoms in total. The number of nitrogens with one attached hydrogen (secondary N) is 1. The highest BCUT2D eigenvalue weighted by Crippen LogP contribution is 2.28. The zero-order chi connectivity index (χ0) is 12.1. The third kappa shape index (κ3) is 3.46. The monoisotopic (exact) mass is 228 g/mol. The van der Waals surface area contributed by atoms with Crippen LogP contribution >= 0.6 is 0 Å². The van der Waals surface area contributed by atoms with Gasteiger partial charge in [0, 0.05) is 19.7 Å². The first-order valence-corrected chi connectivity index (χ1v) is 6.11. The first-order valence-electron chi connectivity index (χ1n) is 6.11. The van der Waals surface area contributed by atoms with E-state index in [-0.39, 0.29) is 18.5 Å².